The van der Waals surface area contributed by atoms with Gasteiger partial charge in [-0.15, -0.1) is 6.42 Å². The number of alkyl carbamates (subject to hydrolysis) is 1. The molecule has 0 bridgehead atoms. The van der Waals surface area contributed by atoms with Crippen molar-refractivity contribution in [2.24, 2.45) is 5.73 Å². The molecule has 0 rings (SSSR count). The number of ether oxygens (including phenoxy) is 1. The highest BCUT2D eigenvalue weighted by Crippen LogP contribution is 2.06. The summed E-state index contributed by atoms with van der Waals surface area (Å²) in [7, 11) is 0. The topological polar surface area (TPSA) is 93.5 Å². The quantitative estimate of drug-likeness (QED) is 0.475. The molecule has 0 unspecified atom stereocenters. The first-order chi connectivity index (χ1) is 9.26. The van der Waals surface area contributed by atoms with Crippen LogP contribution in [-0.4, -0.2) is 36.7 Å². The van der Waals surface area contributed by atoms with Crippen LogP contribution in [0.1, 0.15) is 40.0 Å². The van der Waals surface area contributed by atoms with E-state index in [9.17, 15) is 9.59 Å². The Morgan fingerprint density at radius 3 is 2.50 bits per heavy atom. The van der Waals surface area contributed by atoms with Crippen molar-refractivity contribution in [2.75, 3.05) is 13.1 Å². The Labute approximate surface area is 120 Å². The Kier molecular flexibility index (Phi) is 8.41. The van der Waals surface area contributed by atoms with Crippen LogP contribution in [0.15, 0.2) is 0 Å². The molecule has 0 fully saturated rings. The molecule has 0 spiro atoms. The van der Waals surface area contributed by atoms with E-state index >= 15 is 0 Å². The predicted molar refractivity (Wildman–Crippen MR) is 77.9 cm³/mol. The van der Waals surface area contributed by atoms with Crippen molar-refractivity contribution < 1.29 is 14.3 Å². The largest absolute Gasteiger partial charge is 0.444 e. The van der Waals surface area contributed by atoms with Crippen LogP contribution in [0.2, 0.25) is 0 Å². The third-order valence-corrected chi connectivity index (χ3v) is 2.31. The molecule has 4 N–H and O–H groups in total. The summed E-state index contributed by atoms with van der Waals surface area (Å²) < 4.78 is 5.09. The highest BCUT2D eigenvalue weighted by molar-refractivity contribution is 5.81. The van der Waals surface area contributed by atoms with E-state index in [1.54, 1.807) is 20.8 Å². The molecule has 0 saturated heterocycles. The van der Waals surface area contributed by atoms with Gasteiger partial charge in [0.05, 0.1) is 12.6 Å². The van der Waals surface area contributed by atoms with Crippen LogP contribution in [0.4, 0.5) is 4.79 Å². The van der Waals surface area contributed by atoms with Crippen molar-refractivity contribution in [1.82, 2.24) is 10.6 Å². The van der Waals surface area contributed by atoms with Crippen LogP contribution in [0.5, 0.6) is 0 Å². The van der Waals surface area contributed by atoms with Crippen molar-refractivity contribution in [3.8, 4) is 12.3 Å². The van der Waals surface area contributed by atoms with E-state index in [1.165, 1.54) is 0 Å². The summed E-state index contributed by atoms with van der Waals surface area (Å²) in [6.07, 6.45) is 6.61. The van der Waals surface area contributed by atoms with E-state index in [0.29, 0.717) is 13.0 Å². The minimum Gasteiger partial charge on any atom is -0.444 e. The molecule has 0 heterocycles. The molecule has 0 aliphatic rings. The Balaban J connectivity index is 3.64. The Morgan fingerprint density at radius 1 is 1.30 bits per heavy atom. The van der Waals surface area contributed by atoms with E-state index < -0.39 is 17.7 Å². The third kappa shape index (κ3) is 10.2. The summed E-state index contributed by atoms with van der Waals surface area (Å²) in [5, 5.41) is 5.17. The molecule has 0 aromatic heterocycles. The minimum absolute atomic E-state index is 0.187. The summed E-state index contributed by atoms with van der Waals surface area (Å²) in [6.45, 7) is 6.10. The van der Waals surface area contributed by atoms with Crippen LogP contribution in [0.3, 0.4) is 0 Å². The lowest BCUT2D eigenvalue weighted by Gasteiger charge is -2.19. The molecule has 0 radical (unpaired) electrons. The summed E-state index contributed by atoms with van der Waals surface area (Å²) in [5.74, 6) is 2.06. The highest BCUT2D eigenvalue weighted by Gasteiger charge is 2.15. The predicted octanol–water partition coefficient (Wildman–Crippen LogP) is 0.758. The zero-order chi connectivity index (χ0) is 15.6. The molecule has 0 aliphatic heterocycles. The first-order valence-electron chi connectivity index (χ1n) is 6.70. The Morgan fingerprint density at radius 2 is 1.95 bits per heavy atom. The van der Waals surface area contributed by atoms with Crippen molar-refractivity contribution in [3.63, 3.8) is 0 Å². The SMILES string of the molecule is C#CCNC(=O)[C@@H](N)CCCCNC(=O)OC(C)(C)C. The maximum Gasteiger partial charge on any atom is 0.407 e. The van der Waals surface area contributed by atoms with Crippen molar-refractivity contribution in [2.45, 2.75) is 51.7 Å². The molecule has 0 aromatic rings. The lowest BCUT2D eigenvalue weighted by Crippen LogP contribution is -2.40. The van der Waals surface area contributed by atoms with Gasteiger partial charge in [0.25, 0.3) is 0 Å². The van der Waals surface area contributed by atoms with Crippen LogP contribution < -0.4 is 16.4 Å². The second-order valence-corrected chi connectivity index (χ2v) is 5.45. The van der Waals surface area contributed by atoms with Gasteiger partial charge in [-0.1, -0.05) is 5.92 Å². The number of nitrogens with two attached hydrogens (primary N) is 1. The van der Waals surface area contributed by atoms with E-state index in [2.05, 4.69) is 16.6 Å². The van der Waals surface area contributed by atoms with Gasteiger partial charge in [0.2, 0.25) is 5.91 Å². The fourth-order valence-corrected chi connectivity index (χ4v) is 1.39. The number of carbonyl (C=O) groups is 2. The Bertz CT molecular complexity index is 356. The van der Waals surface area contributed by atoms with Gasteiger partial charge in [0, 0.05) is 6.54 Å². The molecule has 0 aromatic carbocycles. The number of carbonyl (C=O) groups excluding carboxylic acids is 2. The third-order valence-electron chi connectivity index (χ3n) is 2.31. The summed E-state index contributed by atoms with van der Waals surface area (Å²) in [4.78, 5) is 22.8. The zero-order valence-electron chi connectivity index (χ0n) is 12.5. The highest BCUT2D eigenvalue weighted by atomic mass is 16.6. The maximum absolute atomic E-state index is 11.4. The zero-order valence-corrected chi connectivity index (χ0v) is 12.5. The Hall–Kier alpha value is -1.74. The molecule has 2 amide bonds. The van der Waals surface area contributed by atoms with Gasteiger partial charge in [-0.05, 0) is 40.0 Å². The van der Waals surface area contributed by atoms with Crippen molar-refractivity contribution in [3.05, 3.63) is 0 Å². The fraction of sp³-hybridized carbons (Fsp3) is 0.714. The first kappa shape index (κ1) is 18.3. The van der Waals surface area contributed by atoms with Gasteiger partial charge in [-0.2, -0.15) is 0 Å². The number of unbranched alkanes of at least 4 members (excludes halogenated alkanes) is 1. The molecule has 1 atom stereocenters. The van der Waals surface area contributed by atoms with Gasteiger partial charge in [-0.25, -0.2) is 4.79 Å². The molecular weight excluding hydrogens is 258 g/mol. The van der Waals surface area contributed by atoms with Crippen LogP contribution in [0.25, 0.3) is 0 Å². The monoisotopic (exact) mass is 283 g/mol. The van der Waals surface area contributed by atoms with Gasteiger partial charge in [0.15, 0.2) is 0 Å². The van der Waals surface area contributed by atoms with Crippen molar-refractivity contribution in [1.29, 1.82) is 0 Å². The summed E-state index contributed by atoms with van der Waals surface area (Å²) in [5.41, 5.74) is 5.19. The number of hydrogen-bond donors (Lipinski definition) is 3. The van der Waals surface area contributed by atoms with Gasteiger partial charge >= 0.3 is 6.09 Å². The standard InChI is InChI=1S/C14H25N3O3/c1-5-9-16-12(18)11(15)8-6-7-10-17-13(19)20-14(2,3)4/h1,11H,6-10,15H2,2-4H3,(H,16,18)(H,17,19)/t11-/m0/s1. The lowest BCUT2D eigenvalue weighted by molar-refractivity contribution is -0.122. The molecule has 0 aliphatic carbocycles. The average molecular weight is 283 g/mol. The van der Waals surface area contributed by atoms with Gasteiger partial charge in [0.1, 0.15) is 5.60 Å². The smallest absolute Gasteiger partial charge is 0.407 e. The summed E-state index contributed by atoms with van der Waals surface area (Å²) in [6, 6.07) is -0.565. The molecule has 6 heteroatoms. The molecule has 114 valence electrons. The van der Waals surface area contributed by atoms with Crippen LogP contribution in [-0.2, 0) is 9.53 Å². The number of nitrogens with one attached hydrogen (secondary N) is 2. The van der Waals surface area contributed by atoms with Crippen molar-refractivity contribution >= 4 is 12.0 Å². The van der Waals surface area contributed by atoms with E-state index in [1.807, 2.05) is 0 Å². The second-order valence-electron chi connectivity index (χ2n) is 5.45. The maximum atomic E-state index is 11.4. The second kappa shape index (κ2) is 9.21. The molecule has 0 saturated carbocycles. The normalized spacial score (nSPS) is 12.2. The summed E-state index contributed by atoms with van der Waals surface area (Å²) >= 11 is 0. The lowest BCUT2D eigenvalue weighted by atomic mass is 10.1. The van der Waals surface area contributed by atoms with Crippen LogP contribution in [0, 0.1) is 12.3 Å². The fourth-order valence-electron chi connectivity index (χ4n) is 1.39. The molecule has 20 heavy (non-hydrogen) atoms. The van der Waals surface area contributed by atoms with Gasteiger partial charge in [-0.3, -0.25) is 4.79 Å². The molecular formula is C14H25N3O3. The number of terminal acetylenes is 1. The van der Waals surface area contributed by atoms with Crippen LogP contribution >= 0.6 is 0 Å². The van der Waals surface area contributed by atoms with E-state index in [4.69, 9.17) is 16.9 Å². The number of amides is 2. The first-order valence-corrected chi connectivity index (χ1v) is 6.70. The van der Waals surface area contributed by atoms with Gasteiger partial charge < -0.3 is 21.1 Å². The van der Waals surface area contributed by atoms with E-state index in [0.717, 1.165) is 12.8 Å². The molecule has 6 nitrogen and oxygen atoms in total. The van der Waals surface area contributed by atoms with E-state index in [-0.39, 0.29) is 12.5 Å². The number of hydrogen-bond acceptors (Lipinski definition) is 4. The minimum atomic E-state index is -0.565. The number of rotatable bonds is 7. The average Bonchev–Trinajstić information content (AvgIpc) is 2.32.